The third kappa shape index (κ3) is 1.04. The van der Waals surface area contributed by atoms with Gasteiger partial charge in [0.1, 0.15) is 0 Å². The molecule has 0 N–H and O–H groups in total. The first kappa shape index (κ1) is 6.14. The Morgan fingerprint density at radius 3 is 2.67 bits per heavy atom. The van der Waals surface area contributed by atoms with E-state index < -0.39 is 0 Å². The van der Waals surface area contributed by atoms with Gasteiger partial charge in [-0.25, -0.2) is 0 Å². The van der Waals surface area contributed by atoms with Crippen LogP contribution in [0.5, 0.6) is 0 Å². The highest BCUT2D eigenvalue weighted by Crippen LogP contribution is 2.13. The van der Waals surface area contributed by atoms with Gasteiger partial charge in [0, 0.05) is 18.4 Å². The SMILES string of the molecule is C=C1C=CC=C(C)N1C. The molecule has 0 aromatic rings. The van der Waals surface area contributed by atoms with Crippen molar-refractivity contribution in [2.45, 2.75) is 6.92 Å². The molecule has 0 saturated heterocycles. The molecule has 0 atom stereocenters. The van der Waals surface area contributed by atoms with Crippen molar-refractivity contribution in [1.29, 1.82) is 0 Å². The number of hydrogen-bond acceptors (Lipinski definition) is 1. The van der Waals surface area contributed by atoms with Gasteiger partial charge < -0.3 is 4.90 Å². The lowest BCUT2D eigenvalue weighted by Crippen LogP contribution is -2.14. The molecule has 0 aromatic heterocycles. The average Bonchev–Trinajstić information content (AvgIpc) is 1.83. The van der Waals surface area contributed by atoms with Crippen molar-refractivity contribution in [2.24, 2.45) is 0 Å². The minimum absolute atomic E-state index is 1.05. The number of likely N-dealkylation sites (N-methyl/N-ethyl adjacent to an activating group) is 1. The van der Waals surface area contributed by atoms with Gasteiger partial charge in [-0.1, -0.05) is 12.7 Å². The lowest BCUT2D eigenvalue weighted by Gasteiger charge is -2.22. The maximum absolute atomic E-state index is 3.84. The van der Waals surface area contributed by atoms with E-state index in [0.29, 0.717) is 0 Å². The van der Waals surface area contributed by atoms with Gasteiger partial charge in [0.2, 0.25) is 0 Å². The summed E-state index contributed by atoms with van der Waals surface area (Å²) >= 11 is 0. The van der Waals surface area contributed by atoms with E-state index in [0.717, 1.165) is 5.70 Å². The molecule has 1 aliphatic rings. The van der Waals surface area contributed by atoms with Gasteiger partial charge in [0.15, 0.2) is 0 Å². The monoisotopic (exact) mass is 121 g/mol. The van der Waals surface area contributed by atoms with E-state index in [1.54, 1.807) is 0 Å². The van der Waals surface area contributed by atoms with Gasteiger partial charge in [-0.15, -0.1) is 0 Å². The molecule has 0 saturated carbocycles. The van der Waals surface area contributed by atoms with E-state index in [1.165, 1.54) is 5.70 Å². The highest BCUT2D eigenvalue weighted by atomic mass is 15.1. The van der Waals surface area contributed by atoms with Crippen molar-refractivity contribution in [3.05, 3.63) is 36.2 Å². The Balaban J connectivity index is 2.86. The van der Waals surface area contributed by atoms with Crippen molar-refractivity contribution >= 4 is 0 Å². The minimum Gasteiger partial charge on any atom is -0.349 e. The van der Waals surface area contributed by atoms with E-state index in [4.69, 9.17) is 0 Å². The van der Waals surface area contributed by atoms with Crippen LogP contribution in [-0.2, 0) is 0 Å². The van der Waals surface area contributed by atoms with Crippen molar-refractivity contribution in [1.82, 2.24) is 4.90 Å². The van der Waals surface area contributed by atoms with E-state index in [9.17, 15) is 0 Å². The van der Waals surface area contributed by atoms with Gasteiger partial charge in [-0.05, 0) is 19.1 Å². The molecule has 1 aliphatic heterocycles. The van der Waals surface area contributed by atoms with Crippen LogP contribution >= 0.6 is 0 Å². The Labute approximate surface area is 56.0 Å². The first-order valence-corrected chi connectivity index (χ1v) is 2.99. The topological polar surface area (TPSA) is 3.24 Å². The van der Waals surface area contributed by atoms with Crippen molar-refractivity contribution in [2.75, 3.05) is 7.05 Å². The van der Waals surface area contributed by atoms with Crippen LogP contribution in [0.3, 0.4) is 0 Å². The number of nitrogens with zero attached hydrogens (tertiary/aromatic N) is 1. The Bertz CT molecular complexity index is 187. The zero-order chi connectivity index (χ0) is 6.85. The van der Waals surface area contributed by atoms with Crippen LogP contribution < -0.4 is 0 Å². The van der Waals surface area contributed by atoms with Gasteiger partial charge in [-0.2, -0.15) is 0 Å². The van der Waals surface area contributed by atoms with Crippen LogP contribution in [0.4, 0.5) is 0 Å². The molecule has 1 rings (SSSR count). The molecule has 0 aromatic carbocycles. The molecule has 0 spiro atoms. The van der Waals surface area contributed by atoms with Crippen LogP contribution in [0.25, 0.3) is 0 Å². The molecule has 0 fully saturated rings. The van der Waals surface area contributed by atoms with Crippen molar-refractivity contribution < 1.29 is 0 Å². The summed E-state index contributed by atoms with van der Waals surface area (Å²) < 4.78 is 0. The average molecular weight is 121 g/mol. The van der Waals surface area contributed by atoms with Gasteiger partial charge in [0.25, 0.3) is 0 Å². The summed E-state index contributed by atoms with van der Waals surface area (Å²) in [5.41, 5.74) is 2.29. The maximum atomic E-state index is 3.84. The van der Waals surface area contributed by atoms with Crippen molar-refractivity contribution in [3.8, 4) is 0 Å². The maximum Gasteiger partial charge on any atom is 0.0332 e. The van der Waals surface area contributed by atoms with Crippen LogP contribution in [0, 0.1) is 0 Å². The summed E-state index contributed by atoms with van der Waals surface area (Å²) in [5.74, 6) is 0. The Morgan fingerprint density at radius 2 is 2.22 bits per heavy atom. The number of rotatable bonds is 0. The second-order valence-electron chi connectivity index (χ2n) is 2.22. The zero-order valence-corrected chi connectivity index (χ0v) is 5.89. The second-order valence-corrected chi connectivity index (χ2v) is 2.22. The Kier molecular flexibility index (Phi) is 1.43. The van der Waals surface area contributed by atoms with E-state index >= 15 is 0 Å². The summed E-state index contributed by atoms with van der Waals surface area (Å²) in [4.78, 5) is 2.06. The van der Waals surface area contributed by atoms with E-state index in [2.05, 4.69) is 24.5 Å². The first-order chi connectivity index (χ1) is 4.22. The highest BCUT2D eigenvalue weighted by molar-refractivity contribution is 5.28. The van der Waals surface area contributed by atoms with Crippen molar-refractivity contribution in [3.63, 3.8) is 0 Å². The summed E-state index contributed by atoms with van der Waals surface area (Å²) in [6.07, 6.45) is 6.07. The summed E-state index contributed by atoms with van der Waals surface area (Å²) in [6, 6.07) is 0. The fraction of sp³-hybridized carbons (Fsp3) is 0.250. The fourth-order valence-corrected chi connectivity index (χ4v) is 0.749. The molecule has 0 amide bonds. The Hall–Kier alpha value is -0.980. The highest BCUT2D eigenvalue weighted by Gasteiger charge is 2.01. The molecule has 48 valence electrons. The lowest BCUT2D eigenvalue weighted by molar-refractivity contribution is 0.535. The number of hydrogen-bond donors (Lipinski definition) is 0. The van der Waals surface area contributed by atoms with E-state index in [-0.39, 0.29) is 0 Å². The molecule has 0 unspecified atom stereocenters. The predicted molar refractivity (Wildman–Crippen MR) is 39.8 cm³/mol. The van der Waals surface area contributed by atoms with Crippen LogP contribution in [0.15, 0.2) is 36.2 Å². The van der Waals surface area contributed by atoms with Gasteiger partial charge in [0.05, 0.1) is 0 Å². The summed E-state index contributed by atoms with van der Waals surface area (Å²) in [5, 5.41) is 0. The molecule has 0 radical (unpaired) electrons. The number of allylic oxidation sites excluding steroid dienone is 4. The van der Waals surface area contributed by atoms with E-state index in [1.807, 2.05) is 19.2 Å². The molecule has 9 heavy (non-hydrogen) atoms. The second kappa shape index (κ2) is 2.09. The largest absolute Gasteiger partial charge is 0.349 e. The normalized spacial score (nSPS) is 18.2. The summed E-state index contributed by atoms with van der Waals surface area (Å²) in [7, 11) is 2.01. The quantitative estimate of drug-likeness (QED) is 0.473. The minimum atomic E-state index is 1.05. The van der Waals surface area contributed by atoms with Crippen LogP contribution in [0.2, 0.25) is 0 Å². The van der Waals surface area contributed by atoms with Crippen LogP contribution in [-0.4, -0.2) is 11.9 Å². The third-order valence-electron chi connectivity index (χ3n) is 1.59. The van der Waals surface area contributed by atoms with Gasteiger partial charge >= 0.3 is 0 Å². The molecule has 0 bridgehead atoms. The molecular weight excluding hydrogens is 110 g/mol. The fourth-order valence-electron chi connectivity index (χ4n) is 0.749. The van der Waals surface area contributed by atoms with Gasteiger partial charge in [-0.3, -0.25) is 0 Å². The summed E-state index contributed by atoms with van der Waals surface area (Å²) in [6.45, 7) is 5.91. The molecule has 1 heteroatoms. The predicted octanol–water partition coefficient (Wildman–Crippen LogP) is 1.91. The Morgan fingerprint density at radius 1 is 1.56 bits per heavy atom. The molecule has 1 nitrogen and oxygen atoms in total. The smallest absolute Gasteiger partial charge is 0.0332 e. The molecule has 0 aliphatic carbocycles. The molecular formula is C8H11N. The lowest BCUT2D eigenvalue weighted by atomic mass is 10.2. The third-order valence-corrected chi connectivity index (χ3v) is 1.59. The first-order valence-electron chi connectivity index (χ1n) is 2.99. The molecule has 1 heterocycles. The zero-order valence-electron chi connectivity index (χ0n) is 5.89. The standard InChI is InChI=1S/C8H11N/c1-7-5-4-6-8(2)9(7)3/h4-6H,1H2,2-3H3. The van der Waals surface area contributed by atoms with Crippen LogP contribution in [0.1, 0.15) is 6.92 Å².